The van der Waals surface area contributed by atoms with Gasteiger partial charge in [0.25, 0.3) is 0 Å². The number of nitriles is 1. The average molecular weight is 351 g/mol. The fraction of sp³-hybridized carbons (Fsp3) is 0.100. The number of esters is 1. The van der Waals surface area contributed by atoms with E-state index < -0.39 is 5.97 Å². The molecule has 0 N–H and O–H groups in total. The standard InChI is InChI=1S/C20H15ClN2O2/c1-2-25-20(24)14(12-22)10-15-13-23(17-6-4-3-5-7-17)19-11-16(21)8-9-18(15)19/h3-11,13H,2H2,1H3/b14-10-. The van der Waals surface area contributed by atoms with Crippen LogP contribution >= 0.6 is 11.6 Å². The van der Waals surface area contributed by atoms with Crippen LogP contribution in [0.25, 0.3) is 22.7 Å². The molecule has 0 saturated heterocycles. The zero-order valence-electron chi connectivity index (χ0n) is 13.6. The van der Waals surface area contributed by atoms with Crippen LogP contribution in [0.2, 0.25) is 5.02 Å². The number of nitrogens with zero attached hydrogens (tertiary/aromatic N) is 2. The molecule has 0 saturated carbocycles. The molecular weight excluding hydrogens is 336 g/mol. The van der Waals surface area contributed by atoms with Gasteiger partial charge in [-0.15, -0.1) is 0 Å². The van der Waals surface area contributed by atoms with Crippen LogP contribution in [-0.2, 0) is 9.53 Å². The summed E-state index contributed by atoms with van der Waals surface area (Å²) in [6.45, 7) is 1.93. The van der Waals surface area contributed by atoms with E-state index in [-0.39, 0.29) is 12.2 Å². The highest BCUT2D eigenvalue weighted by atomic mass is 35.5. The second kappa shape index (κ2) is 7.25. The molecule has 0 amide bonds. The highest BCUT2D eigenvalue weighted by Gasteiger charge is 2.14. The van der Waals surface area contributed by atoms with Crippen LogP contribution in [0, 0.1) is 11.3 Å². The highest BCUT2D eigenvalue weighted by Crippen LogP contribution is 2.29. The SMILES string of the molecule is CCOC(=O)/C(C#N)=C\c1cn(-c2ccccc2)c2cc(Cl)ccc12. The smallest absolute Gasteiger partial charge is 0.348 e. The Hall–Kier alpha value is -3.03. The van der Waals surface area contributed by atoms with Crippen LogP contribution in [0.15, 0.2) is 60.3 Å². The van der Waals surface area contributed by atoms with Gasteiger partial charge in [0.1, 0.15) is 11.6 Å². The molecule has 0 aliphatic carbocycles. The maximum absolute atomic E-state index is 11.9. The van der Waals surface area contributed by atoms with E-state index in [1.165, 1.54) is 0 Å². The minimum Gasteiger partial charge on any atom is -0.462 e. The lowest BCUT2D eigenvalue weighted by Gasteiger charge is -2.04. The molecule has 0 fully saturated rings. The zero-order chi connectivity index (χ0) is 17.8. The Labute approximate surface area is 150 Å². The second-order valence-electron chi connectivity index (χ2n) is 5.34. The van der Waals surface area contributed by atoms with Crippen molar-refractivity contribution >= 4 is 34.5 Å². The lowest BCUT2D eigenvalue weighted by Crippen LogP contribution is -2.05. The number of hydrogen-bond acceptors (Lipinski definition) is 3. The minimum absolute atomic E-state index is 0.0380. The molecule has 0 aliphatic heterocycles. The van der Waals surface area contributed by atoms with Crippen molar-refractivity contribution in [1.29, 1.82) is 5.26 Å². The van der Waals surface area contributed by atoms with E-state index >= 15 is 0 Å². The quantitative estimate of drug-likeness (QED) is 0.387. The van der Waals surface area contributed by atoms with E-state index in [4.69, 9.17) is 16.3 Å². The lowest BCUT2D eigenvalue weighted by atomic mass is 10.1. The molecule has 0 aliphatic rings. The molecule has 0 radical (unpaired) electrons. The molecule has 25 heavy (non-hydrogen) atoms. The number of benzene rings is 2. The van der Waals surface area contributed by atoms with Gasteiger partial charge < -0.3 is 9.30 Å². The monoisotopic (exact) mass is 350 g/mol. The van der Waals surface area contributed by atoms with Gasteiger partial charge in [0.05, 0.1) is 12.1 Å². The molecule has 1 aromatic heterocycles. The lowest BCUT2D eigenvalue weighted by molar-refractivity contribution is -0.137. The highest BCUT2D eigenvalue weighted by molar-refractivity contribution is 6.31. The molecule has 2 aromatic carbocycles. The van der Waals surface area contributed by atoms with Crippen molar-refractivity contribution in [2.75, 3.05) is 6.61 Å². The third-order valence-electron chi connectivity index (χ3n) is 3.75. The summed E-state index contributed by atoms with van der Waals surface area (Å²) in [7, 11) is 0. The van der Waals surface area contributed by atoms with Crippen LogP contribution in [0.5, 0.6) is 0 Å². The molecule has 3 rings (SSSR count). The number of rotatable bonds is 4. The number of carbonyl (C=O) groups excluding carboxylic acids is 1. The van der Waals surface area contributed by atoms with E-state index in [9.17, 15) is 10.1 Å². The number of halogens is 1. The number of ether oxygens (including phenoxy) is 1. The second-order valence-corrected chi connectivity index (χ2v) is 5.78. The summed E-state index contributed by atoms with van der Waals surface area (Å²) < 4.78 is 6.91. The predicted octanol–water partition coefficient (Wildman–Crippen LogP) is 4.75. The first-order valence-corrected chi connectivity index (χ1v) is 8.16. The van der Waals surface area contributed by atoms with E-state index in [0.29, 0.717) is 5.02 Å². The Kier molecular flexibility index (Phi) is 4.87. The minimum atomic E-state index is -0.625. The van der Waals surface area contributed by atoms with Crippen molar-refractivity contribution in [3.8, 4) is 11.8 Å². The van der Waals surface area contributed by atoms with Gasteiger partial charge in [0.2, 0.25) is 0 Å². The van der Waals surface area contributed by atoms with Crippen LogP contribution in [-0.4, -0.2) is 17.1 Å². The van der Waals surface area contributed by atoms with Gasteiger partial charge in [0.15, 0.2) is 0 Å². The van der Waals surface area contributed by atoms with Crippen molar-refractivity contribution in [1.82, 2.24) is 4.57 Å². The summed E-state index contributed by atoms with van der Waals surface area (Å²) >= 11 is 6.16. The Balaban J connectivity index is 2.20. The molecule has 3 aromatic rings. The number of para-hydroxylation sites is 1. The van der Waals surface area contributed by atoms with Crippen LogP contribution < -0.4 is 0 Å². The van der Waals surface area contributed by atoms with Gasteiger partial charge in [-0.2, -0.15) is 5.26 Å². The summed E-state index contributed by atoms with van der Waals surface area (Å²) in [5.74, 6) is -0.625. The van der Waals surface area contributed by atoms with Crippen LogP contribution in [0.4, 0.5) is 0 Å². The molecule has 0 atom stereocenters. The van der Waals surface area contributed by atoms with Crippen molar-refractivity contribution in [2.45, 2.75) is 6.92 Å². The van der Waals surface area contributed by atoms with Gasteiger partial charge >= 0.3 is 5.97 Å². The maximum Gasteiger partial charge on any atom is 0.348 e. The van der Waals surface area contributed by atoms with Crippen molar-refractivity contribution in [3.05, 3.63) is 70.9 Å². The van der Waals surface area contributed by atoms with Crippen LogP contribution in [0.1, 0.15) is 12.5 Å². The number of hydrogen-bond donors (Lipinski definition) is 0. The number of aromatic nitrogens is 1. The number of carbonyl (C=O) groups is 1. The Morgan fingerprint density at radius 3 is 2.72 bits per heavy atom. The first-order valence-electron chi connectivity index (χ1n) is 7.79. The molecule has 0 bridgehead atoms. The summed E-state index contributed by atoms with van der Waals surface area (Å²) in [6.07, 6.45) is 3.43. The fourth-order valence-electron chi connectivity index (χ4n) is 2.64. The molecule has 124 valence electrons. The Morgan fingerprint density at radius 1 is 1.28 bits per heavy atom. The van der Waals surface area contributed by atoms with Gasteiger partial charge in [-0.3, -0.25) is 0 Å². The third kappa shape index (κ3) is 3.42. The molecule has 0 spiro atoms. The summed E-state index contributed by atoms with van der Waals surface area (Å²) in [6, 6.07) is 17.2. The van der Waals surface area contributed by atoms with Gasteiger partial charge in [-0.05, 0) is 37.3 Å². The van der Waals surface area contributed by atoms with Crippen molar-refractivity contribution in [3.63, 3.8) is 0 Å². The number of fused-ring (bicyclic) bond motifs is 1. The molecule has 4 nitrogen and oxygen atoms in total. The fourth-order valence-corrected chi connectivity index (χ4v) is 2.81. The molecule has 0 unspecified atom stereocenters. The third-order valence-corrected chi connectivity index (χ3v) is 3.98. The summed E-state index contributed by atoms with van der Waals surface area (Å²) in [5.41, 5.74) is 2.57. The first kappa shape index (κ1) is 16.8. The maximum atomic E-state index is 11.9. The molecule has 1 heterocycles. The van der Waals surface area contributed by atoms with Crippen LogP contribution in [0.3, 0.4) is 0 Å². The van der Waals surface area contributed by atoms with Crippen molar-refractivity contribution in [2.24, 2.45) is 0 Å². The first-order chi connectivity index (χ1) is 12.1. The Morgan fingerprint density at radius 2 is 2.04 bits per heavy atom. The van der Waals surface area contributed by atoms with Gasteiger partial charge in [-0.25, -0.2) is 4.79 Å². The average Bonchev–Trinajstić information content (AvgIpc) is 2.98. The topological polar surface area (TPSA) is 55.0 Å². The largest absolute Gasteiger partial charge is 0.462 e. The van der Waals surface area contributed by atoms with E-state index in [2.05, 4.69) is 0 Å². The van der Waals surface area contributed by atoms with E-state index in [1.807, 2.05) is 59.3 Å². The summed E-state index contributed by atoms with van der Waals surface area (Å²) in [5, 5.41) is 10.8. The zero-order valence-corrected chi connectivity index (χ0v) is 14.3. The van der Waals surface area contributed by atoms with Gasteiger partial charge in [0, 0.05) is 27.9 Å². The Bertz CT molecular complexity index is 998. The van der Waals surface area contributed by atoms with Gasteiger partial charge in [-0.1, -0.05) is 35.9 Å². The molecular formula is C20H15ClN2O2. The normalized spacial score (nSPS) is 11.3. The molecule has 5 heteroatoms. The predicted molar refractivity (Wildman–Crippen MR) is 98.5 cm³/mol. The van der Waals surface area contributed by atoms with E-state index in [0.717, 1.165) is 22.2 Å². The van der Waals surface area contributed by atoms with Crippen molar-refractivity contribution < 1.29 is 9.53 Å². The summed E-state index contributed by atoms with van der Waals surface area (Å²) in [4.78, 5) is 11.9. The van der Waals surface area contributed by atoms with E-state index in [1.54, 1.807) is 19.1 Å².